The molecule has 1 N–H and O–H groups in total. The normalized spacial score (nSPS) is 17.3. The van der Waals surface area contributed by atoms with Gasteiger partial charge >= 0.3 is 0 Å². The first-order valence-corrected chi connectivity index (χ1v) is 9.25. The Morgan fingerprint density at radius 2 is 2.00 bits per heavy atom. The first-order valence-electron chi connectivity index (χ1n) is 7.02. The van der Waals surface area contributed by atoms with Crippen molar-refractivity contribution in [1.29, 1.82) is 0 Å². The summed E-state index contributed by atoms with van der Waals surface area (Å²) in [4.78, 5) is 12.1. The lowest BCUT2D eigenvalue weighted by Crippen LogP contribution is -2.42. The van der Waals surface area contributed by atoms with Gasteiger partial charge in [-0.2, -0.15) is 5.10 Å². The molecule has 11 heteroatoms. The molecule has 1 fully saturated rings. The minimum atomic E-state index is -3.13. The number of anilines is 1. The molecule has 2 aromatic rings. The van der Waals surface area contributed by atoms with E-state index in [9.17, 15) is 8.42 Å². The van der Waals surface area contributed by atoms with Crippen LogP contribution < -0.4 is 5.32 Å². The second-order valence-electron chi connectivity index (χ2n) is 5.28. The van der Waals surface area contributed by atoms with Gasteiger partial charge in [0.25, 0.3) is 0 Å². The van der Waals surface area contributed by atoms with E-state index in [0.29, 0.717) is 42.6 Å². The van der Waals surface area contributed by atoms with Crippen LogP contribution in [-0.4, -0.2) is 62.8 Å². The maximum atomic E-state index is 11.5. The molecule has 124 valence electrons. The Balaban J connectivity index is 1.71. The van der Waals surface area contributed by atoms with Crippen LogP contribution in [0.3, 0.4) is 0 Å². The Morgan fingerprint density at radius 3 is 2.61 bits per heavy atom. The van der Waals surface area contributed by atoms with Gasteiger partial charge in [-0.15, -0.1) is 0 Å². The molecule has 1 aliphatic rings. The molecular formula is C12H16ClN7O2S. The van der Waals surface area contributed by atoms with E-state index in [-0.39, 0.29) is 6.04 Å². The molecule has 3 rings (SSSR count). The summed E-state index contributed by atoms with van der Waals surface area (Å²) in [6, 6.07) is 0.101. The third kappa shape index (κ3) is 3.59. The summed E-state index contributed by atoms with van der Waals surface area (Å²) in [6.07, 6.45) is 6.90. The Labute approximate surface area is 138 Å². The predicted molar refractivity (Wildman–Crippen MR) is 85.0 cm³/mol. The third-order valence-electron chi connectivity index (χ3n) is 3.67. The highest BCUT2D eigenvalue weighted by molar-refractivity contribution is 7.88. The number of sulfonamides is 1. The van der Waals surface area contributed by atoms with Gasteiger partial charge in [0, 0.05) is 19.1 Å². The number of hydrogen-bond acceptors (Lipinski definition) is 7. The summed E-state index contributed by atoms with van der Waals surface area (Å²) in [6.45, 7) is 0.963. The quantitative estimate of drug-likeness (QED) is 0.851. The van der Waals surface area contributed by atoms with Gasteiger partial charge < -0.3 is 5.32 Å². The summed E-state index contributed by atoms with van der Waals surface area (Å²) >= 11 is 6.34. The topological polar surface area (TPSA) is 106 Å². The molecule has 1 aliphatic heterocycles. The maximum absolute atomic E-state index is 11.5. The van der Waals surface area contributed by atoms with Gasteiger partial charge in [0.1, 0.15) is 24.0 Å². The summed E-state index contributed by atoms with van der Waals surface area (Å²) in [7, 11) is -3.13. The van der Waals surface area contributed by atoms with Crippen molar-refractivity contribution in [3.63, 3.8) is 0 Å². The van der Waals surface area contributed by atoms with Crippen LogP contribution >= 0.6 is 11.6 Å². The Hall–Kier alpha value is -1.78. The number of halogens is 1. The second kappa shape index (κ2) is 6.38. The molecule has 9 nitrogen and oxygen atoms in total. The van der Waals surface area contributed by atoms with E-state index in [1.807, 2.05) is 0 Å². The van der Waals surface area contributed by atoms with Crippen molar-refractivity contribution < 1.29 is 8.42 Å². The SMILES string of the molecule is CS(=O)(=O)N1CCC(Nc2ncnc(-n3cncn3)c2Cl)CC1. The molecule has 0 spiro atoms. The molecule has 2 aromatic heterocycles. The van der Waals surface area contributed by atoms with Crippen molar-refractivity contribution in [3.05, 3.63) is 24.0 Å². The van der Waals surface area contributed by atoms with Crippen LogP contribution in [0.2, 0.25) is 5.02 Å². The fourth-order valence-electron chi connectivity index (χ4n) is 2.46. The molecular weight excluding hydrogens is 342 g/mol. The van der Waals surface area contributed by atoms with Gasteiger partial charge in [0.15, 0.2) is 11.6 Å². The van der Waals surface area contributed by atoms with Crippen molar-refractivity contribution in [1.82, 2.24) is 29.0 Å². The van der Waals surface area contributed by atoms with E-state index in [1.54, 1.807) is 0 Å². The van der Waals surface area contributed by atoms with E-state index in [4.69, 9.17) is 11.6 Å². The number of piperidine rings is 1. The Morgan fingerprint density at radius 1 is 1.26 bits per heavy atom. The number of hydrogen-bond donors (Lipinski definition) is 1. The largest absolute Gasteiger partial charge is 0.366 e. The lowest BCUT2D eigenvalue weighted by molar-refractivity contribution is 0.331. The molecule has 23 heavy (non-hydrogen) atoms. The van der Waals surface area contributed by atoms with Crippen LogP contribution in [0.1, 0.15) is 12.8 Å². The fourth-order valence-corrected chi connectivity index (χ4v) is 3.58. The highest BCUT2D eigenvalue weighted by Gasteiger charge is 2.25. The lowest BCUT2D eigenvalue weighted by atomic mass is 10.1. The zero-order valence-corrected chi connectivity index (χ0v) is 14.0. The molecule has 0 amide bonds. The van der Waals surface area contributed by atoms with Crippen molar-refractivity contribution in [2.75, 3.05) is 24.7 Å². The van der Waals surface area contributed by atoms with Gasteiger partial charge in [-0.3, -0.25) is 0 Å². The highest BCUT2D eigenvalue weighted by Crippen LogP contribution is 2.26. The zero-order chi connectivity index (χ0) is 16.4. The molecule has 0 unspecified atom stereocenters. The average Bonchev–Trinajstić information content (AvgIpc) is 3.03. The van der Waals surface area contributed by atoms with Crippen LogP contribution in [-0.2, 0) is 10.0 Å². The van der Waals surface area contributed by atoms with Crippen LogP contribution in [0.4, 0.5) is 5.82 Å². The lowest BCUT2D eigenvalue weighted by Gasteiger charge is -2.31. The van der Waals surface area contributed by atoms with E-state index in [0.717, 1.165) is 0 Å². The smallest absolute Gasteiger partial charge is 0.211 e. The number of rotatable bonds is 4. The predicted octanol–water partition coefficient (Wildman–Crippen LogP) is 0.547. The number of nitrogens with one attached hydrogen (secondary N) is 1. The molecule has 1 saturated heterocycles. The van der Waals surface area contributed by atoms with Crippen LogP contribution in [0.25, 0.3) is 5.82 Å². The van der Waals surface area contributed by atoms with Gasteiger partial charge in [0.2, 0.25) is 10.0 Å². The zero-order valence-electron chi connectivity index (χ0n) is 12.4. The summed E-state index contributed by atoms with van der Waals surface area (Å²) in [5.74, 6) is 0.945. The van der Waals surface area contributed by atoms with Crippen LogP contribution in [0.5, 0.6) is 0 Å². The minimum Gasteiger partial charge on any atom is -0.366 e. The molecule has 0 saturated carbocycles. The van der Waals surface area contributed by atoms with Crippen LogP contribution in [0, 0.1) is 0 Å². The van der Waals surface area contributed by atoms with E-state index in [1.165, 1.54) is 34.2 Å². The standard InChI is InChI=1S/C12H16ClN7O2S/c1-23(21,22)19-4-2-9(3-5-19)18-11-10(13)12(16-7-15-11)20-8-14-6-17-20/h6-9H,2-5H2,1H3,(H,15,16,18). The molecule has 3 heterocycles. The molecule has 0 bridgehead atoms. The van der Waals surface area contributed by atoms with Gasteiger partial charge in [0.05, 0.1) is 6.26 Å². The number of nitrogens with zero attached hydrogens (tertiary/aromatic N) is 6. The van der Waals surface area contributed by atoms with Crippen molar-refractivity contribution in [3.8, 4) is 5.82 Å². The van der Waals surface area contributed by atoms with Crippen LogP contribution in [0.15, 0.2) is 19.0 Å². The van der Waals surface area contributed by atoms with E-state index < -0.39 is 10.0 Å². The third-order valence-corrected chi connectivity index (χ3v) is 5.32. The first kappa shape index (κ1) is 16.1. The fraction of sp³-hybridized carbons (Fsp3) is 0.500. The summed E-state index contributed by atoms with van der Waals surface area (Å²) in [5, 5.41) is 7.61. The molecule has 0 radical (unpaired) electrons. The minimum absolute atomic E-state index is 0.101. The molecule has 0 aromatic carbocycles. The first-order chi connectivity index (χ1) is 10.9. The molecule has 0 aliphatic carbocycles. The van der Waals surface area contributed by atoms with Crippen molar-refractivity contribution in [2.24, 2.45) is 0 Å². The van der Waals surface area contributed by atoms with Gasteiger partial charge in [-0.1, -0.05) is 11.6 Å². The average molecular weight is 358 g/mol. The maximum Gasteiger partial charge on any atom is 0.211 e. The summed E-state index contributed by atoms with van der Waals surface area (Å²) in [5.41, 5.74) is 0. The van der Waals surface area contributed by atoms with E-state index >= 15 is 0 Å². The van der Waals surface area contributed by atoms with Gasteiger partial charge in [-0.25, -0.2) is 32.4 Å². The van der Waals surface area contributed by atoms with Crippen molar-refractivity contribution in [2.45, 2.75) is 18.9 Å². The van der Waals surface area contributed by atoms with E-state index in [2.05, 4.69) is 25.4 Å². The Bertz CT molecular complexity index is 773. The molecule has 0 atom stereocenters. The number of aromatic nitrogens is 5. The monoisotopic (exact) mass is 357 g/mol. The highest BCUT2D eigenvalue weighted by atomic mass is 35.5. The second-order valence-corrected chi connectivity index (χ2v) is 7.64. The Kier molecular flexibility index (Phi) is 4.46. The van der Waals surface area contributed by atoms with Crippen molar-refractivity contribution >= 4 is 27.4 Å². The summed E-state index contributed by atoms with van der Waals surface area (Å²) < 4.78 is 26.0. The van der Waals surface area contributed by atoms with Gasteiger partial charge in [-0.05, 0) is 12.8 Å².